The third kappa shape index (κ3) is 6.83. The molecule has 4 heterocycles. The molecule has 4 aromatic rings. The zero-order valence-corrected chi connectivity index (χ0v) is 25.9. The van der Waals surface area contributed by atoms with Gasteiger partial charge >= 0.3 is 0 Å². The second-order valence-corrected chi connectivity index (χ2v) is 12.3. The monoisotopic (exact) mass is 716 g/mol. The zero-order chi connectivity index (χ0) is 28.2. The molecular weight excluding hydrogens is 687 g/mol. The molecule has 0 bridgehead atoms. The average molecular weight is 717 g/mol. The molecule has 208 valence electrons. The van der Waals surface area contributed by atoms with Crippen molar-refractivity contribution in [3.05, 3.63) is 69.0 Å². The number of nitrogens with zero attached hydrogens (tertiary/aromatic N) is 2. The number of pyridine rings is 2. The summed E-state index contributed by atoms with van der Waals surface area (Å²) in [5, 5.41) is 7.69. The number of rotatable bonds is 6. The molecular formula is C30H30BrIN4O4. The topological polar surface area (TPSA) is 102 Å². The van der Waals surface area contributed by atoms with Gasteiger partial charge in [-0.1, -0.05) is 15.9 Å². The van der Waals surface area contributed by atoms with Crippen LogP contribution in [0.5, 0.6) is 11.5 Å². The summed E-state index contributed by atoms with van der Waals surface area (Å²) in [6.45, 7) is 5.41. The number of hydrogen-bond donors (Lipinski definition) is 2. The molecule has 40 heavy (non-hydrogen) atoms. The smallest absolute Gasteiger partial charge is 0.220 e. The van der Waals surface area contributed by atoms with Crippen LogP contribution in [0.2, 0.25) is 0 Å². The van der Waals surface area contributed by atoms with E-state index in [0.717, 1.165) is 41.3 Å². The van der Waals surface area contributed by atoms with Crippen molar-refractivity contribution in [1.82, 2.24) is 20.6 Å². The first kappa shape index (κ1) is 28.5. The van der Waals surface area contributed by atoms with E-state index in [-0.39, 0.29) is 35.9 Å². The highest BCUT2D eigenvalue weighted by Crippen LogP contribution is 2.32. The number of carbonyl (C=O) groups excluding carboxylic acids is 2. The summed E-state index contributed by atoms with van der Waals surface area (Å²) >= 11 is 5.75. The number of hydrogen-bond acceptors (Lipinski definition) is 6. The van der Waals surface area contributed by atoms with Gasteiger partial charge in [0, 0.05) is 69.0 Å². The fourth-order valence-corrected chi connectivity index (χ4v) is 5.94. The van der Waals surface area contributed by atoms with Crippen LogP contribution >= 0.6 is 38.5 Å². The Morgan fingerprint density at radius 1 is 0.825 bits per heavy atom. The van der Waals surface area contributed by atoms with Gasteiger partial charge in [0.25, 0.3) is 0 Å². The lowest BCUT2D eigenvalue weighted by Gasteiger charge is -2.20. The Labute approximate surface area is 254 Å². The summed E-state index contributed by atoms with van der Waals surface area (Å²) < 4.78 is 14.2. The molecule has 6 rings (SSSR count). The number of amides is 2. The minimum atomic E-state index is -0.0216. The van der Waals surface area contributed by atoms with Crippen LogP contribution in [0.4, 0.5) is 0 Å². The highest BCUT2D eigenvalue weighted by molar-refractivity contribution is 14.1. The van der Waals surface area contributed by atoms with Crippen LogP contribution in [0, 0.1) is 15.4 Å². The molecule has 2 aromatic carbocycles. The molecule has 10 heteroatoms. The van der Waals surface area contributed by atoms with Crippen LogP contribution in [0.25, 0.3) is 21.8 Å². The fourth-order valence-electron chi connectivity index (χ4n) is 4.94. The van der Waals surface area contributed by atoms with Gasteiger partial charge in [0.05, 0.1) is 11.0 Å². The Morgan fingerprint density at radius 3 is 1.82 bits per heavy atom. The van der Waals surface area contributed by atoms with Crippen molar-refractivity contribution in [2.75, 3.05) is 13.1 Å². The Morgan fingerprint density at radius 2 is 1.32 bits per heavy atom. The number of ether oxygens (including phenoxy) is 2. The maximum absolute atomic E-state index is 11.3. The number of benzene rings is 2. The Balaban J connectivity index is 0.000000161. The highest BCUT2D eigenvalue weighted by Gasteiger charge is 2.29. The van der Waals surface area contributed by atoms with E-state index >= 15 is 0 Å². The second kappa shape index (κ2) is 12.7. The molecule has 4 atom stereocenters. The number of aromatic nitrogens is 2. The van der Waals surface area contributed by atoms with Gasteiger partial charge in [0.15, 0.2) is 0 Å². The number of carbonyl (C=O) groups is 2. The van der Waals surface area contributed by atoms with Crippen molar-refractivity contribution >= 4 is 72.1 Å². The Hall–Kier alpha value is -2.99. The molecule has 0 radical (unpaired) electrons. The number of halogens is 2. The van der Waals surface area contributed by atoms with E-state index in [9.17, 15) is 9.59 Å². The van der Waals surface area contributed by atoms with Gasteiger partial charge in [-0.3, -0.25) is 19.6 Å². The van der Waals surface area contributed by atoms with Gasteiger partial charge in [-0.25, -0.2) is 0 Å². The summed E-state index contributed by atoms with van der Waals surface area (Å²) in [6.07, 6.45) is 4.60. The van der Waals surface area contributed by atoms with Gasteiger partial charge in [-0.15, -0.1) is 0 Å². The van der Waals surface area contributed by atoms with Crippen molar-refractivity contribution in [2.24, 2.45) is 11.8 Å². The maximum atomic E-state index is 11.3. The van der Waals surface area contributed by atoms with E-state index in [4.69, 9.17) is 9.47 Å². The predicted octanol–water partition coefficient (Wildman–Crippen LogP) is 5.64. The van der Waals surface area contributed by atoms with Crippen molar-refractivity contribution in [2.45, 2.75) is 38.9 Å². The molecule has 0 spiro atoms. The van der Waals surface area contributed by atoms with Crippen molar-refractivity contribution in [3.8, 4) is 11.5 Å². The van der Waals surface area contributed by atoms with E-state index in [1.165, 1.54) is 0 Å². The Bertz CT molecular complexity index is 1440. The van der Waals surface area contributed by atoms with E-state index < -0.39 is 0 Å². The third-order valence-corrected chi connectivity index (χ3v) is 8.35. The lowest BCUT2D eigenvalue weighted by Crippen LogP contribution is -2.25. The molecule has 0 unspecified atom stereocenters. The molecule has 2 saturated heterocycles. The SMILES string of the molecule is C[C@@H](Oc1cc(Br)cc2ncccc12)[C@H]1CNC(=O)C1.C[C@@H](Oc1cc(I)cc2ncccc12)[C@H]1CNC(=O)C1. The van der Waals surface area contributed by atoms with E-state index in [2.05, 4.69) is 59.1 Å². The van der Waals surface area contributed by atoms with Crippen LogP contribution in [0.3, 0.4) is 0 Å². The molecule has 0 aliphatic carbocycles. The first-order valence-corrected chi connectivity index (χ1v) is 15.1. The molecule has 2 amide bonds. The summed E-state index contributed by atoms with van der Waals surface area (Å²) in [7, 11) is 0. The molecule has 8 nitrogen and oxygen atoms in total. The first-order chi connectivity index (χ1) is 19.3. The molecule has 2 fully saturated rings. The predicted molar refractivity (Wildman–Crippen MR) is 166 cm³/mol. The lowest BCUT2D eigenvalue weighted by atomic mass is 10.0. The van der Waals surface area contributed by atoms with Gasteiger partial charge in [0.2, 0.25) is 11.8 Å². The summed E-state index contributed by atoms with van der Waals surface area (Å²) in [5.74, 6) is 2.30. The quantitative estimate of drug-likeness (QED) is 0.251. The summed E-state index contributed by atoms with van der Waals surface area (Å²) in [6, 6.07) is 15.8. The van der Waals surface area contributed by atoms with E-state index in [0.29, 0.717) is 25.9 Å². The minimum Gasteiger partial charge on any atom is -0.490 e. The van der Waals surface area contributed by atoms with Crippen molar-refractivity contribution in [3.63, 3.8) is 0 Å². The van der Waals surface area contributed by atoms with E-state index in [1.54, 1.807) is 12.4 Å². The molecule has 2 aliphatic heterocycles. The van der Waals surface area contributed by atoms with Crippen LogP contribution < -0.4 is 20.1 Å². The number of nitrogens with one attached hydrogen (secondary N) is 2. The fraction of sp³-hybridized carbons (Fsp3) is 0.333. The van der Waals surface area contributed by atoms with Gasteiger partial charge in [-0.2, -0.15) is 0 Å². The lowest BCUT2D eigenvalue weighted by molar-refractivity contribution is -0.120. The third-order valence-electron chi connectivity index (χ3n) is 7.27. The van der Waals surface area contributed by atoms with Gasteiger partial charge in [0.1, 0.15) is 23.7 Å². The standard InChI is InChI=1S/C15H15BrN2O2.C15H15IN2O2/c2*1-9(10-5-15(19)18-8-10)20-14-7-11(16)6-13-12(14)3-2-4-17-13/h2*2-4,6-7,9-10H,5,8H2,1H3,(H,18,19)/t2*9-,10-/m11/s1. The van der Waals surface area contributed by atoms with Crippen LogP contribution in [0.15, 0.2) is 65.4 Å². The van der Waals surface area contributed by atoms with Gasteiger partial charge in [-0.05, 0) is 85.0 Å². The van der Waals surface area contributed by atoms with Crippen LogP contribution in [0.1, 0.15) is 26.7 Å². The Kier molecular flexibility index (Phi) is 9.04. The largest absolute Gasteiger partial charge is 0.490 e. The van der Waals surface area contributed by atoms with Crippen molar-refractivity contribution < 1.29 is 19.1 Å². The normalized spacial score (nSPS) is 19.9. The first-order valence-electron chi connectivity index (χ1n) is 13.2. The highest BCUT2D eigenvalue weighted by atomic mass is 127. The van der Waals surface area contributed by atoms with Gasteiger partial charge < -0.3 is 20.1 Å². The molecule has 0 saturated carbocycles. The molecule has 2 aromatic heterocycles. The molecule has 2 N–H and O–H groups in total. The molecule has 2 aliphatic rings. The maximum Gasteiger partial charge on any atom is 0.220 e. The number of fused-ring (bicyclic) bond motifs is 2. The van der Waals surface area contributed by atoms with Crippen LogP contribution in [-0.4, -0.2) is 47.1 Å². The second-order valence-electron chi connectivity index (χ2n) is 10.1. The summed E-state index contributed by atoms with van der Waals surface area (Å²) in [4.78, 5) is 31.3. The zero-order valence-electron chi connectivity index (χ0n) is 22.2. The van der Waals surface area contributed by atoms with E-state index in [1.807, 2.05) is 62.4 Å². The average Bonchev–Trinajstić information content (AvgIpc) is 3.57. The van der Waals surface area contributed by atoms with Crippen molar-refractivity contribution in [1.29, 1.82) is 0 Å². The van der Waals surface area contributed by atoms with Crippen LogP contribution in [-0.2, 0) is 9.59 Å². The summed E-state index contributed by atoms with van der Waals surface area (Å²) in [5.41, 5.74) is 1.83. The minimum absolute atomic E-state index is 0.00411.